The van der Waals surface area contributed by atoms with E-state index in [-0.39, 0.29) is 5.78 Å². The number of hydrogen-bond acceptors (Lipinski definition) is 7. The molecule has 1 aliphatic rings. The summed E-state index contributed by atoms with van der Waals surface area (Å²) in [6.45, 7) is 12.3. The third kappa shape index (κ3) is 14.2. The molecular weight excluding hydrogens is 546 g/mol. The molecule has 8 heteroatoms. The number of aromatic nitrogens is 1. The second-order valence-electron chi connectivity index (χ2n) is 11.3. The minimum atomic E-state index is 0.141. The zero-order valence-corrected chi connectivity index (χ0v) is 26.8. The summed E-state index contributed by atoms with van der Waals surface area (Å²) in [6.07, 6.45) is 9.99. The molecule has 0 radical (unpaired) electrons. The summed E-state index contributed by atoms with van der Waals surface area (Å²) in [5.41, 5.74) is 4.70. The number of rotatable bonds is 12. The maximum Gasteiger partial charge on any atom is 0.178 e. The van der Waals surface area contributed by atoms with Gasteiger partial charge in [-0.3, -0.25) is 4.79 Å². The first-order chi connectivity index (χ1) is 21.0. The molecule has 0 saturated carbocycles. The average Bonchev–Trinajstić information content (AvgIpc) is 2.98. The Labute approximate surface area is 259 Å². The average molecular weight is 601 g/mol. The first-order valence-electron chi connectivity index (χ1n) is 16.3. The molecule has 240 valence electrons. The van der Waals surface area contributed by atoms with Crippen molar-refractivity contribution in [1.82, 2.24) is 0 Å². The largest absolute Gasteiger partial charge is 0.487 e. The monoisotopic (exact) mass is 600 g/mol. The van der Waals surface area contributed by atoms with E-state index in [4.69, 9.17) is 28.4 Å². The first-order valence-corrected chi connectivity index (χ1v) is 16.3. The Hall–Kier alpha value is -2.52. The summed E-state index contributed by atoms with van der Waals surface area (Å²) in [5.74, 6) is 1.30. The molecular formula is C35H54NO7+. The van der Waals surface area contributed by atoms with Gasteiger partial charge in [0, 0.05) is 44.4 Å². The van der Waals surface area contributed by atoms with Gasteiger partial charge in [0.05, 0.1) is 52.9 Å². The number of nitrogens with zero attached hydrogens (tertiary/aromatic N) is 1. The Morgan fingerprint density at radius 2 is 1.05 bits per heavy atom. The third-order valence-corrected chi connectivity index (χ3v) is 7.61. The van der Waals surface area contributed by atoms with Crippen LogP contribution in [0.3, 0.4) is 0 Å². The molecule has 3 rings (SSSR count). The molecule has 8 nitrogen and oxygen atoms in total. The van der Waals surface area contributed by atoms with Gasteiger partial charge >= 0.3 is 0 Å². The molecule has 0 aliphatic carbocycles. The fourth-order valence-electron chi connectivity index (χ4n) is 5.34. The predicted octanol–water partition coefficient (Wildman–Crippen LogP) is 6.13. The Morgan fingerprint density at radius 3 is 1.60 bits per heavy atom. The zero-order valence-electron chi connectivity index (χ0n) is 26.8. The number of carbonyl (C=O) groups excluding carboxylic acids is 1. The quantitative estimate of drug-likeness (QED) is 0.165. The molecule has 43 heavy (non-hydrogen) atoms. The van der Waals surface area contributed by atoms with E-state index in [1.807, 2.05) is 12.1 Å². The molecule has 1 aliphatic heterocycles. The fraction of sp³-hybridized carbons (Fsp3) is 0.657. The van der Waals surface area contributed by atoms with E-state index in [2.05, 4.69) is 37.5 Å². The summed E-state index contributed by atoms with van der Waals surface area (Å²) in [5, 5.41) is 0. The Bertz CT molecular complexity index is 1050. The van der Waals surface area contributed by atoms with E-state index in [1.165, 1.54) is 55.5 Å². The molecule has 0 amide bonds. The SMILES string of the molecule is Cc1cc(C)[n+](CCCCCCCCCCC(=O)c2ccc3c(c2)OCCOCCOCCOCCOCCO3)c(C)c1. The number of Topliss-reactive ketones (excluding diaryl/α,β-unsaturated/α-hetero) is 1. The van der Waals surface area contributed by atoms with Crippen LogP contribution in [-0.4, -0.2) is 71.9 Å². The number of benzene rings is 1. The number of ketones is 1. The van der Waals surface area contributed by atoms with Crippen molar-refractivity contribution in [2.24, 2.45) is 0 Å². The van der Waals surface area contributed by atoms with E-state index in [0.29, 0.717) is 89.6 Å². The highest BCUT2D eigenvalue weighted by Gasteiger charge is 2.13. The molecule has 0 fully saturated rings. The summed E-state index contributed by atoms with van der Waals surface area (Å²) >= 11 is 0. The number of unbranched alkanes of at least 4 members (excludes halogenated alkanes) is 7. The number of ether oxygens (including phenoxy) is 6. The van der Waals surface area contributed by atoms with Gasteiger partial charge in [-0.05, 0) is 43.5 Å². The van der Waals surface area contributed by atoms with Crippen LogP contribution in [0.25, 0.3) is 0 Å². The number of aryl methyl sites for hydroxylation is 3. The smallest absolute Gasteiger partial charge is 0.178 e. The van der Waals surface area contributed by atoms with Crippen LogP contribution in [0, 0.1) is 20.8 Å². The van der Waals surface area contributed by atoms with Crippen LogP contribution in [0.4, 0.5) is 0 Å². The van der Waals surface area contributed by atoms with Crippen LogP contribution >= 0.6 is 0 Å². The molecule has 0 N–H and O–H groups in total. The molecule has 0 spiro atoms. The van der Waals surface area contributed by atoms with Gasteiger partial charge in [0.2, 0.25) is 0 Å². The van der Waals surface area contributed by atoms with Gasteiger partial charge in [-0.25, -0.2) is 4.57 Å². The van der Waals surface area contributed by atoms with Gasteiger partial charge in [-0.1, -0.05) is 32.1 Å². The van der Waals surface area contributed by atoms with Gasteiger partial charge in [-0.2, -0.15) is 0 Å². The standard InChI is InChI=1S/C35H54NO7/c1-29-26-30(2)36(31(3)27-29)15-11-9-7-5-4-6-8-10-12-33(37)32-13-14-34-35(28-32)43-25-23-41-21-19-39-17-16-38-18-20-40-22-24-42-34/h13-14,26-28H,4-12,15-25H2,1-3H3/q+1. The zero-order chi connectivity index (χ0) is 30.5. The minimum absolute atomic E-state index is 0.141. The van der Waals surface area contributed by atoms with Crippen molar-refractivity contribution in [2.45, 2.75) is 85.1 Å². The van der Waals surface area contributed by atoms with Crippen LogP contribution < -0.4 is 14.0 Å². The maximum atomic E-state index is 12.9. The number of carbonyl (C=O) groups is 1. The summed E-state index contributed by atoms with van der Waals surface area (Å²) in [4.78, 5) is 12.9. The molecule has 1 aromatic heterocycles. The lowest BCUT2D eigenvalue weighted by molar-refractivity contribution is -0.709. The van der Waals surface area contributed by atoms with E-state index < -0.39 is 0 Å². The maximum absolute atomic E-state index is 12.9. The van der Waals surface area contributed by atoms with Crippen LogP contribution in [0.2, 0.25) is 0 Å². The lowest BCUT2D eigenvalue weighted by Crippen LogP contribution is -2.40. The Morgan fingerprint density at radius 1 is 0.581 bits per heavy atom. The van der Waals surface area contributed by atoms with E-state index in [9.17, 15) is 4.79 Å². The number of hydrogen-bond donors (Lipinski definition) is 0. The number of fused-ring (bicyclic) bond motifs is 1. The lowest BCUT2D eigenvalue weighted by Gasteiger charge is -2.15. The Kier molecular flexibility index (Phi) is 17.3. The van der Waals surface area contributed by atoms with Crippen molar-refractivity contribution in [3.05, 3.63) is 52.8 Å². The normalized spacial score (nSPS) is 15.9. The molecule has 2 aromatic rings. The van der Waals surface area contributed by atoms with Gasteiger partial charge in [0.15, 0.2) is 28.7 Å². The van der Waals surface area contributed by atoms with E-state index in [1.54, 1.807) is 6.07 Å². The molecule has 0 atom stereocenters. The van der Waals surface area contributed by atoms with Crippen LogP contribution in [0.1, 0.15) is 85.1 Å². The third-order valence-electron chi connectivity index (χ3n) is 7.61. The lowest BCUT2D eigenvalue weighted by atomic mass is 10.0. The second-order valence-corrected chi connectivity index (χ2v) is 11.3. The van der Waals surface area contributed by atoms with Crippen LogP contribution in [0.5, 0.6) is 11.5 Å². The van der Waals surface area contributed by atoms with E-state index in [0.717, 1.165) is 19.4 Å². The molecule has 1 aromatic carbocycles. The van der Waals surface area contributed by atoms with Gasteiger partial charge in [-0.15, -0.1) is 0 Å². The summed E-state index contributed by atoms with van der Waals surface area (Å²) in [6, 6.07) is 9.98. The van der Waals surface area contributed by atoms with Crippen molar-refractivity contribution in [3.8, 4) is 11.5 Å². The number of pyridine rings is 1. The van der Waals surface area contributed by atoms with Crippen molar-refractivity contribution in [1.29, 1.82) is 0 Å². The molecule has 0 unspecified atom stereocenters. The van der Waals surface area contributed by atoms with Crippen LogP contribution in [0.15, 0.2) is 30.3 Å². The van der Waals surface area contributed by atoms with Crippen molar-refractivity contribution >= 4 is 5.78 Å². The molecule has 2 heterocycles. The highest BCUT2D eigenvalue weighted by atomic mass is 16.6. The van der Waals surface area contributed by atoms with Crippen LogP contribution in [-0.2, 0) is 25.5 Å². The fourth-order valence-corrected chi connectivity index (χ4v) is 5.34. The van der Waals surface area contributed by atoms with Crippen molar-refractivity contribution in [2.75, 3.05) is 66.1 Å². The minimum Gasteiger partial charge on any atom is -0.487 e. The first kappa shape index (κ1) is 35.0. The van der Waals surface area contributed by atoms with Crippen molar-refractivity contribution < 1.29 is 37.8 Å². The van der Waals surface area contributed by atoms with Gasteiger partial charge < -0.3 is 28.4 Å². The second kappa shape index (κ2) is 21.2. The summed E-state index contributed by atoms with van der Waals surface area (Å²) < 4.78 is 36.4. The highest BCUT2D eigenvalue weighted by molar-refractivity contribution is 5.96. The Balaban J connectivity index is 1.33. The van der Waals surface area contributed by atoms with E-state index >= 15 is 0 Å². The van der Waals surface area contributed by atoms with Gasteiger partial charge in [0.1, 0.15) is 19.8 Å². The molecule has 0 saturated heterocycles. The topological polar surface area (TPSA) is 76.3 Å². The molecule has 0 bridgehead atoms. The highest BCUT2D eigenvalue weighted by Crippen LogP contribution is 2.29. The summed E-state index contributed by atoms with van der Waals surface area (Å²) in [7, 11) is 0. The van der Waals surface area contributed by atoms with Crippen molar-refractivity contribution in [3.63, 3.8) is 0 Å². The van der Waals surface area contributed by atoms with Gasteiger partial charge in [0.25, 0.3) is 0 Å². The predicted molar refractivity (Wildman–Crippen MR) is 167 cm³/mol.